The zero-order chi connectivity index (χ0) is 14.9. The van der Waals surface area contributed by atoms with Gasteiger partial charge < -0.3 is 5.32 Å². The highest BCUT2D eigenvalue weighted by Crippen LogP contribution is 2.20. The number of nitrogens with zero attached hydrogens (tertiary/aromatic N) is 2. The maximum atomic E-state index is 12.0. The molecule has 2 aromatic rings. The molecule has 2 rings (SSSR count). The van der Waals surface area contributed by atoms with Crippen LogP contribution in [0.4, 0.5) is 5.69 Å². The number of aryl methyl sites for hydroxylation is 2. The van der Waals surface area contributed by atoms with Crippen LogP contribution in [-0.4, -0.2) is 30.4 Å². The van der Waals surface area contributed by atoms with Gasteiger partial charge in [-0.15, -0.1) is 0 Å². The molecule has 0 atom stereocenters. The first-order valence-electron chi connectivity index (χ1n) is 5.88. The summed E-state index contributed by atoms with van der Waals surface area (Å²) in [5.74, 6) is -0.327. The van der Waals surface area contributed by atoms with Crippen LogP contribution >= 0.6 is 0 Å². The number of aromatic nitrogens is 2. The third kappa shape index (κ3) is 3.05. The van der Waals surface area contributed by atoms with E-state index in [1.807, 2.05) is 0 Å². The fourth-order valence-corrected chi connectivity index (χ4v) is 2.35. The summed E-state index contributed by atoms with van der Waals surface area (Å²) in [4.78, 5) is 12.2. The number of sulfone groups is 1. The predicted octanol–water partition coefficient (Wildman–Crippen LogP) is 1.38. The van der Waals surface area contributed by atoms with E-state index in [4.69, 9.17) is 0 Å². The van der Waals surface area contributed by atoms with Gasteiger partial charge in [-0.2, -0.15) is 5.10 Å². The Morgan fingerprint density at radius 2 is 2.05 bits per heavy atom. The normalized spacial score (nSPS) is 11.3. The molecule has 106 valence electrons. The lowest BCUT2D eigenvalue weighted by atomic mass is 10.2. The van der Waals surface area contributed by atoms with E-state index in [1.165, 1.54) is 23.0 Å². The van der Waals surface area contributed by atoms with Gasteiger partial charge in [-0.05, 0) is 24.6 Å². The van der Waals surface area contributed by atoms with E-state index < -0.39 is 9.84 Å². The van der Waals surface area contributed by atoms with Gasteiger partial charge in [0.25, 0.3) is 5.91 Å². The van der Waals surface area contributed by atoms with Crippen LogP contribution in [0, 0.1) is 6.92 Å². The number of carbonyl (C=O) groups is 1. The zero-order valence-corrected chi connectivity index (χ0v) is 12.2. The number of nitrogens with one attached hydrogen (secondary N) is 1. The number of hydrogen-bond acceptors (Lipinski definition) is 4. The molecule has 0 saturated carbocycles. The second kappa shape index (κ2) is 5.09. The largest absolute Gasteiger partial charge is 0.322 e. The number of anilines is 1. The van der Waals surface area contributed by atoms with Gasteiger partial charge in [0, 0.05) is 25.2 Å². The van der Waals surface area contributed by atoms with E-state index in [1.54, 1.807) is 26.2 Å². The maximum Gasteiger partial charge on any atom is 0.258 e. The van der Waals surface area contributed by atoms with Crippen molar-refractivity contribution in [3.63, 3.8) is 0 Å². The zero-order valence-electron chi connectivity index (χ0n) is 11.4. The van der Waals surface area contributed by atoms with Crippen molar-refractivity contribution in [2.24, 2.45) is 7.05 Å². The summed E-state index contributed by atoms with van der Waals surface area (Å²) in [6.07, 6.45) is 4.17. The molecule has 1 aromatic heterocycles. The predicted molar refractivity (Wildman–Crippen MR) is 75.5 cm³/mol. The highest BCUT2D eigenvalue weighted by Gasteiger charge is 2.13. The van der Waals surface area contributed by atoms with Crippen molar-refractivity contribution in [3.05, 3.63) is 41.7 Å². The number of rotatable bonds is 3. The first-order chi connectivity index (χ1) is 9.27. The van der Waals surface area contributed by atoms with Crippen LogP contribution in [0.1, 0.15) is 15.9 Å². The van der Waals surface area contributed by atoms with E-state index in [0.29, 0.717) is 11.3 Å². The minimum atomic E-state index is -3.31. The molecule has 0 unspecified atom stereocenters. The van der Waals surface area contributed by atoms with Crippen LogP contribution in [0.2, 0.25) is 0 Å². The first-order valence-corrected chi connectivity index (χ1v) is 7.77. The molecule has 1 heterocycles. The van der Waals surface area contributed by atoms with Crippen LogP contribution in [0.5, 0.6) is 0 Å². The average molecular weight is 293 g/mol. The fourth-order valence-electron chi connectivity index (χ4n) is 1.70. The lowest BCUT2D eigenvalue weighted by Crippen LogP contribution is -2.12. The number of benzene rings is 1. The van der Waals surface area contributed by atoms with Gasteiger partial charge in [0.1, 0.15) is 0 Å². The summed E-state index contributed by atoms with van der Waals surface area (Å²) in [5.41, 5.74) is 1.67. The van der Waals surface area contributed by atoms with Gasteiger partial charge >= 0.3 is 0 Å². The van der Waals surface area contributed by atoms with Gasteiger partial charge in [0.2, 0.25) is 0 Å². The molecule has 0 saturated heterocycles. The minimum absolute atomic E-state index is 0.171. The second-order valence-electron chi connectivity index (χ2n) is 4.61. The Labute approximate surface area is 117 Å². The standard InChI is InChI=1S/C13H15N3O3S/c1-9-4-5-11(20(3,18)19)6-12(9)15-13(17)10-7-14-16(2)8-10/h4-8H,1-3H3,(H,15,17). The molecule has 0 fully saturated rings. The molecule has 7 heteroatoms. The monoisotopic (exact) mass is 293 g/mol. The summed E-state index contributed by atoms with van der Waals surface area (Å²) < 4.78 is 24.6. The molecule has 1 amide bonds. The molecule has 0 aliphatic rings. The Hall–Kier alpha value is -2.15. The van der Waals surface area contributed by atoms with Gasteiger partial charge in [0.05, 0.1) is 16.7 Å². The van der Waals surface area contributed by atoms with Gasteiger partial charge in [-0.1, -0.05) is 6.07 Å². The van der Waals surface area contributed by atoms with Crippen LogP contribution < -0.4 is 5.32 Å². The van der Waals surface area contributed by atoms with Crippen LogP contribution in [0.15, 0.2) is 35.5 Å². The van der Waals surface area contributed by atoms with E-state index >= 15 is 0 Å². The maximum absolute atomic E-state index is 12.0. The van der Waals surface area contributed by atoms with Crippen molar-refractivity contribution in [1.82, 2.24) is 9.78 Å². The average Bonchev–Trinajstić information content (AvgIpc) is 2.77. The van der Waals surface area contributed by atoms with Gasteiger partial charge in [0.15, 0.2) is 9.84 Å². The van der Waals surface area contributed by atoms with Crippen molar-refractivity contribution >= 4 is 21.4 Å². The van der Waals surface area contributed by atoms with Crippen LogP contribution in [-0.2, 0) is 16.9 Å². The Morgan fingerprint density at radius 3 is 2.60 bits per heavy atom. The summed E-state index contributed by atoms with van der Waals surface area (Å²) in [6.45, 7) is 1.80. The van der Waals surface area contributed by atoms with E-state index in [2.05, 4.69) is 10.4 Å². The summed E-state index contributed by atoms with van der Waals surface area (Å²) in [5, 5.41) is 6.61. The van der Waals surface area contributed by atoms with Gasteiger partial charge in [-0.25, -0.2) is 8.42 Å². The van der Waals surface area contributed by atoms with Crippen LogP contribution in [0.25, 0.3) is 0 Å². The first kappa shape index (κ1) is 14.3. The van der Waals surface area contributed by atoms with Crippen molar-refractivity contribution in [3.8, 4) is 0 Å². The van der Waals surface area contributed by atoms with E-state index in [9.17, 15) is 13.2 Å². The number of amides is 1. The lowest BCUT2D eigenvalue weighted by molar-refractivity contribution is 0.102. The Kier molecular flexibility index (Phi) is 3.63. The molecule has 0 aliphatic heterocycles. The Bertz CT molecular complexity index is 763. The van der Waals surface area contributed by atoms with E-state index in [-0.39, 0.29) is 10.8 Å². The molecule has 0 radical (unpaired) electrons. The summed E-state index contributed by atoms with van der Waals surface area (Å²) in [7, 11) is -1.59. The minimum Gasteiger partial charge on any atom is -0.322 e. The second-order valence-corrected chi connectivity index (χ2v) is 6.62. The molecule has 6 nitrogen and oxygen atoms in total. The van der Waals surface area contributed by atoms with Crippen LogP contribution in [0.3, 0.4) is 0 Å². The van der Waals surface area contributed by atoms with E-state index in [0.717, 1.165) is 11.8 Å². The number of hydrogen-bond donors (Lipinski definition) is 1. The summed E-state index contributed by atoms with van der Waals surface area (Å²) >= 11 is 0. The highest BCUT2D eigenvalue weighted by atomic mass is 32.2. The van der Waals surface area contributed by atoms with Gasteiger partial charge in [-0.3, -0.25) is 9.48 Å². The van der Waals surface area contributed by atoms with Crippen molar-refractivity contribution in [2.75, 3.05) is 11.6 Å². The van der Waals surface area contributed by atoms with Crippen molar-refractivity contribution in [1.29, 1.82) is 0 Å². The van der Waals surface area contributed by atoms with Crippen molar-refractivity contribution < 1.29 is 13.2 Å². The molecule has 20 heavy (non-hydrogen) atoms. The molecule has 1 aromatic carbocycles. The topological polar surface area (TPSA) is 81.1 Å². The molecule has 0 aliphatic carbocycles. The highest BCUT2D eigenvalue weighted by molar-refractivity contribution is 7.90. The molecule has 0 spiro atoms. The third-order valence-electron chi connectivity index (χ3n) is 2.85. The molecular formula is C13H15N3O3S. The molecular weight excluding hydrogens is 278 g/mol. The van der Waals surface area contributed by atoms with Crippen molar-refractivity contribution in [2.45, 2.75) is 11.8 Å². The third-order valence-corrected chi connectivity index (χ3v) is 3.96. The fraction of sp³-hybridized carbons (Fsp3) is 0.231. The number of carbonyl (C=O) groups excluding carboxylic acids is 1. The quantitative estimate of drug-likeness (QED) is 0.927. The molecule has 0 bridgehead atoms. The Balaban J connectivity index is 2.31. The molecule has 1 N–H and O–H groups in total. The SMILES string of the molecule is Cc1ccc(S(C)(=O)=O)cc1NC(=O)c1cnn(C)c1. The summed E-state index contributed by atoms with van der Waals surface area (Å²) in [6, 6.07) is 4.64. The lowest BCUT2D eigenvalue weighted by Gasteiger charge is -2.09. The smallest absolute Gasteiger partial charge is 0.258 e. The Morgan fingerprint density at radius 1 is 1.35 bits per heavy atom.